The molecule has 1 aliphatic heterocycles. The maximum Gasteiger partial charge on any atom is 0.416 e. The number of nitrogens with zero attached hydrogens (tertiary/aromatic N) is 3. The molecule has 0 bridgehead atoms. The number of hydrogen-bond donors (Lipinski definition) is 3. The molecule has 2 aromatic heterocycles. The molecule has 9 nitrogen and oxygen atoms in total. The van der Waals surface area contributed by atoms with Crippen molar-refractivity contribution in [1.82, 2.24) is 19.7 Å². The first kappa shape index (κ1) is 24.4. The highest BCUT2D eigenvalue weighted by Gasteiger charge is 2.35. The molecule has 1 aliphatic rings. The number of anilines is 2. The summed E-state index contributed by atoms with van der Waals surface area (Å²) in [6, 6.07) is 20.1. The minimum atomic E-state index is -0.519. The van der Waals surface area contributed by atoms with Gasteiger partial charge in [-0.05, 0) is 78.2 Å². The fourth-order valence-electron chi connectivity index (χ4n) is 5.02. The van der Waals surface area contributed by atoms with Gasteiger partial charge in [-0.1, -0.05) is 12.1 Å². The Morgan fingerprint density at radius 1 is 1.03 bits per heavy atom. The van der Waals surface area contributed by atoms with Crippen LogP contribution >= 0.6 is 0 Å². The molecule has 3 heterocycles. The average molecular weight is 527 g/mol. The first-order valence-corrected chi connectivity index (χ1v) is 12.6. The molecule has 0 fully saturated rings. The van der Waals surface area contributed by atoms with Gasteiger partial charge in [-0.2, -0.15) is 5.10 Å². The van der Waals surface area contributed by atoms with Crippen molar-refractivity contribution in [3.8, 4) is 11.5 Å². The van der Waals surface area contributed by atoms with Gasteiger partial charge in [0, 0.05) is 35.0 Å². The van der Waals surface area contributed by atoms with Crippen LogP contribution in [0, 0.1) is 5.82 Å². The van der Waals surface area contributed by atoms with Crippen LogP contribution in [0.3, 0.4) is 0 Å². The number of nitrogens with one attached hydrogen (secondary N) is 1. The number of rotatable bonds is 6. The molecule has 5 N–H and O–H groups in total. The number of carbonyl (C=O) groups is 1. The van der Waals surface area contributed by atoms with Crippen LogP contribution in [-0.4, -0.2) is 38.9 Å². The number of nitrogens with two attached hydrogens (primary N) is 2. The van der Waals surface area contributed by atoms with Crippen molar-refractivity contribution in [2.75, 3.05) is 24.6 Å². The highest BCUT2D eigenvalue weighted by atomic mass is 19.1. The molecule has 6 rings (SSSR count). The lowest BCUT2D eigenvalue weighted by atomic mass is 9.92. The number of amides is 1. The van der Waals surface area contributed by atoms with Gasteiger partial charge in [0.25, 0.3) is 0 Å². The monoisotopic (exact) mass is 526 g/mol. The summed E-state index contributed by atoms with van der Waals surface area (Å²) in [5.41, 5.74) is 16.3. The van der Waals surface area contributed by atoms with E-state index in [4.69, 9.17) is 20.9 Å². The maximum atomic E-state index is 13.4. The molecule has 3 aromatic carbocycles. The Morgan fingerprint density at radius 3 is 2.54 bits per heavy atom. The van der Waals surface area contributed by atoms with E-state index in [-0.39, 0.29) is 5.75 Å². The summed E-state index contributed by atoms with van der Waals surface area (Å²) in [6.45, 7) is 1.42. The highest BCUT2D eigenvalue weighted by molar-refractivity contribution is 5.88. The van der Waals surface area contributed by atoms with Gasteiger partial charge >= 0.3 is 6.09 Å². The van der Waals surface area contributed by atoms with Gasteiger partial charge in [-0.25, -0.2) is 9.18 Å². The van der Waals surface area contributed by atoms with E-state index in [1.807, 2.05) is 42.5 Å². The van der Waals surface area contributed by atoms with Crippen molar-refractivity contribution in [1.29, 1.82) is 0 Å². The van der Waals surface area contributed by atoms with E-state index in [9.17, 15) is 9.18 Å². The van der Waals surface area contributed by atoms with E-state index < -0.39 is 18.0 Å². The second-order valence-corrected chi connectivity index (χ2v) is 9.41. The SMILES string of the molecule is Nc1ccc2[nH]c3c(c2c1)CCN(C(=O)Oc1ccc(F)cc1)C3c1ccc(OCCn2ccc(N)n2)cc1. The van der Waals surface area contributed by atoms with Crippen molar-refractivity contribution in [3.05, 3.63) is 102 Å². The molecular formula is C29H27FN6O3. The molecule has 1 atom stereocenters. The van der Waals surface area contributed by atoms with Crippen molar-refractivity contribution >= 4 is 28.5 Å². The first-order chi connectivity index (χ1) is 18.9. The summed E-state index contributed by atoms with van der Waals surface area (Å²) < 4.78 is 26.6. The fraction of sp³-hybridized carbons (Fsp3) is 0.172. The standard InChI is InChI=1S/C29H27FN6O3/c30-19-3-8-22(9-4-19)39-29(37)36-14-11-23-24-17-20(31)5-10-25(24)33-27(23)28(36)18-1-6-21(7-2-18)38-16-15-35-13-12-26(32)34-35/h1-10,12-13,17,28,33H,11,14-16,31H2,(H2,32,34). The first-order valence-electron chi connectivity index (χ1n) is 12.6. The van der Waals surface area contributed by atoms with E-state index in [1.165, 1.54) is 24.3 Å². The van der Waals surface area contributed by atoms with Gasteiger partial charge in [0.1, 0.15) is 35.8 Å². The number of aromatic amines is 1. The van der Waals surface area contributed by atoms with E-state index in [1.54, 1.807) is 21.8 Å². The summed E-state index contributed by atoms with van der Waals surface area (Å²) >= 11 is 0. The number of halogens is 1. The van der Waals surface area contributed by atoms with E-state index >= 15 is 0 Å². The zero-order valence-electron chi connectivity index (χ0n) is 21.0. The third kappa shape index (κ3) is 4.96. The molecule has 39 heavy (non-hydrogen) atoms. The van der Waals surface area contributed by atoms with Gasteiger partial charge in [-0.3, -0.25) is 9.58 Å². The topological polar surface area (TPSA) is 124 Å². The number of nitrogen functional groups attached to an aromatic ring is 2. The Kier molecular flexibility index (Phi) is 6.28. The molecule has 0 spiro atoms. The maximum absolute atomic E-state index is 13.4. The van der Waals surface area contributed by atoms with E-state index in [2.05, 4.69) is 10.1 Å². The molecule has 1 amide bonds. The van der Waals surface area contributed by atoms with Crippen LogP contribution in [-0.2, 0) is 13.0 Å². The molecule has 5 aromatic rings. The molecule has 1 unspecified atom stereocenters. The van der Waals surface area contributed by atoms with Crippen molar-refractivity contribution < 1.29 is 18.7 Å². The highest BCUT2D eigenvalue weighted by Crippen LogP contribution is 2.39. The molecule has 10 heteroatoms. The lowest BCUT2D eigenvalue weighted by molar-refractivity contribution is 0.135. The van der Waals surface area contributed by atoms with Gasteiger partial charge in [0.15, 0.2) is 0 Å². The number of ether oxygens (including phenoxy) is 2. The van der Waals surface area contributed by atoms with E-state index in [0.717, 1.165) is 27.7 Å². The van der Waals surface area contributed by atoms with Crippen molar-refractivity contribution in [3.63, 3.8) is 0 Å². The Balaban J connectivity index is 1.28. The lowest BCUT2D eigenvalue weighted by Gasteiger charge is -2.35. The van der Waals surface area contributed by atoms with Crippen LogP contribution < -0.4 is 20.9 Å². The molecule has 0 saturated heterocycles. The number of H-pyrrole nitrogens is 1. The average Bonchev–Trinajstić information content (AvgIpc) is 3.52. The minimum absolute atomic E-state index is 0.276. The number of carbonyl (C=O) groups excluding carboxylic acids is 1. The third-order valence-corrected chi connectivity index (χ3v) is 6.85. The molecule has 0 aliphatic carbocycles. The van der Waals surface area contributed by atoms with E-state index in [0.29, 0.717) is 43.4 Å². The van der Waals surface area contributed by atoms with Crippen molar-refractivity contribution in [2.24, 2.45) is 0 Å². The largest absolute Gasteiger partial charge is 0.492 e. The normalized spacial score (nSPS) is 14.8. The minimum Gasteiger partial charge on any atom is -0.492 e. The van der Waals surface area contributed by atoms with Gasteiger partial charge in [-0.15, -0.1) is 0 Å². The van der Waals surface area contributed by atoms with Crippen molar-refractivity contribution in [2.45, 2.75) is 19.0 Å². The zero-order valence-corrected chi connectivity index (χ0v) is 21.0. The predicted octanol–water partition coefficient (Wildman–Crippen LogP) is 4.89. The molecule has 198 valence electrons. The number of benzene rings is 3. The van der Waals surface area contributed by atoms with Gasteiger partial charge in [0.05, 0.1) is 6.54 Å². The van der Waals surface area contributed by atoms with Crippen LogP contribution in [0.1, 0.15) is 22.9 Å². The summed E-state index contributed by atoms with van der Waals surface area (Å²) in [4.78, 5) is 18.6. The second-order valence-electron chi connectivity index (χ2n) is 9.41. The van der Waals surface area contributed by atoms with Crippen LogP contribution in [0.25, 0.3) is 10.9 Å². The molecule has 0 radical (unpaired) electrons. The Morgan fingerprint density at radius 2 is 1.79 bits per heavy atom. The van der Waals surface area contributed by atoms with Crippen LogP contribution in [0.15, 0.2) is 79.0 Å². The van der Waals surface area contributed by atoms with Gasteiger partial charge in [0.2, 0.25) is 0 Å². The Bertz CT molecular complexity index is 1630. The number of fused-ring (bicyclic) bond motifs is 3. The molecular weight excluding hydrogens is 499 g/mol. The summed E-state index contributed by atoms with van der Waals surface area (Å²) in [6.07, 6.45) is 1.91. The van der Waals surface area contributed by atoms with Gasteiger partial charge < -0.3 is 25.9 Å². The summed E-state index contributed by atoms with van der Waals surface area (Å²) in [7, 11) is 0. The number of hydrogen-bond acceptors (Lipinski definition) is 6. The predicted molar refractivity (Wildman–Crippen MR) is 146 cm³/mol. The summed E-state index contributed by atoms with van der Waals surface area (Å²) in [5.74, 6) is 1.04. The summed E-state index contributed by atoms with van der Waals surface area (Å²) in [5, 5.41) is 5.20. The fourth-order valence-corrected chi connectivity index (χ4v) is 5.02. The Hall–Kier alpha value is -4.99. The van der Waals surface area contributed by atoms with Crippen LogP contribution in [0.2, 0.25) is 0 Å². The smallest absolute Gasteiger partial charge is 0.416 e. The van der Waals surface area contributed by atoms with Crippen LogP contribution in [0.5, 0.6) is 11.5 Å². The number of aromatic nitrogens is 3. The quantitative estimate of drug-likeness (QED) is 0.271. The third-order valence-electron chi connectivity index (χ3n) is 6.85. The molecule has 0 saturated carbocycles. The zero-order chi connectivity index (χ0) is 26.9. The Labute approximate surface area is 223 Å². The lowest BCUT2D eigenvalue weighted by Crippen LogP contribution is -2.42. The van der Waals surface area contributed by atoms with Crippen LogP contribution in [0.4, 0.5) is 20.7 Å². The second kappa shape index (κ2) is 10.1.